The molecule has 0 aromatic rings. The Morgan fingerprint density at radius 3 is 2.62 bits per heavy atom. The summed E-state index contributed by atoms with van der Waals surface area (Å²) in [5, 5.41) is 0. The molecule has 0 aromatic heterocycles. The van der Waals surface area contributed by atoms with E-state index in [1.807, 2.05) is 25.7 Å². The predicted octanol–water partition coefficient (Wildman–Crippen LogP) is 0.307. The average Bonchev–Trinajstić information content (AvgIpc) is 2.51. The van der Waals surface area contributed by atoms with E-state index in [9.17, 15) is 13.2 Å². The van der Waals surface area contributed by atoms with E-state index in [0.29, 0.717) is 32.7 Å². The van der Waals surface area contributed by atoms with Gasteiger partial charge in [0.15, 0.2) is 0 Å². The maximum Gasteiger partial charge on any atom is 0.243 e. The van der Waals surface area contributed by atoms with Crippen molar-refractivity contribution in [2.24, 2.45) is 17.1 Å². The van der Waals surface area contributed by atoms with Crippen molar-refractivity contribution in [1.82, 2.24) is 9.62 Å². The molecule has 0 bridgehead atoms. The highest BCUT2D eigenvalue weighted by Crippen LogP contribution is 2.50. The van der Waals surface area contributed by atoms with Crippen molar-refractivity contribution in [2.45, 2.75) is 51.7 Å². The molecule has 3 unspecified atom stereocenters. The third-order valence-electron chi connectivity index (χ3n) is 5.65. The Kier molecular flexibility index (Phi) is 5.64. The number of nitrogens with two attached hydrogens (primary N) is 1. The van der Waals surface area contributed by atoms with Crippen LogP contribution in [0, 0.1) is 11.3 Å². The van der Waals surface area contributed by atoms with Crippen LogP contribution in [0.25, 0.3) is 0 Å². The molecule has 140 valence electrons. The van der Waals surface area contributed by atoms with Gasteiger partial charge in [0.2, 0.25) is 15.9 Å². The van der Waals surface area contributed by atoms with Crippen molar-refractivity contribution >= 4 is 15.9 Å². The predicted molar refractivity (Wildman–Crippen MR) is 92.9 cm³/mol. The molecular formula is C16H31N3O4S. The van der Waals surface area contributed by atoms with Crippen LogP contribution in [0.5, 0.6) is 0 Å². The zero-order chi connectivity index (χ0) is 18.2. The molecule has 2 aliphatic rings. The molecule has 0 aromatic carbocycles. The topological polar surface area (TPSA) is 102 Å². The average molecular weight is 362 g/mol. The van der Waals surface area contributed by atoms with Gasteiger partial charge in [-0.05, 0) is 25.7 Å². The van der Waals surface area contributed by atoms with Crippen LogP contribution in [0.1, 0.15) is 40.0 Å². The summed E-state index contributed by atoms with van der Waals surface area (Å²) in [6.45, 7) is 8.13. The highest BCUT2D eigenvalue weighted by atomic mass is 32.2. The summed E-state index contributed by atoms with van der Waals surface area (Å²) in [6.07, 6.45) is 3.47. The van der Waals surface area contributed by atoms with E-state index >= 15 is 0 Å². The number of nitrogens with zero attached hydrogens (tertiary/aromatic N) is 1. The molecule has 0 radical (unpaired) electrons. The zero-order valence-corrected chi connectivity index (χ0v) is 16.0. The van der Waals surface area contributed by atoms with E-state index in [-0.39, 0.29) is 17.9 Å². The first-order valence-electron chi connectivity index (χ1n) is 8.65. The summed E-state index contributed by atoms with van der Waals surface area (Å²) in [5.74, 6) is 0.0967. The Bertz CT molecular complexity index is 578. The van der Waals surface area contributed by atoms with Crippen LogP contribution < -0.4 is 10.5 Å². The van der Waals surface area contributed by atoms with E-state index in [1.165, 1.54) is 0 Å². The normalized spacial score (nSPS) is 33.1. The van der Waals surface area contributed by atoms with E-state index in [0.717, 1.165) is 19.1 Å². The fourth-order valence-electron chi connectivity index (χ4n) is 3.77. The van der Waals surface area contributed by atoms with Crippen LogP contribution in [-0.4, -0.2) is 63.4 Å². The van der Waals surface area contributed by atoms with Gasteiger partial charge in [-0.15, -0.1) is 0 Å². The largest absolute Gasteiger partial charge is 0.378 e. The van der Waals surface area contributed by atoms with Gasteiger partial charge in [-0.1, -0.05) is 13.8 Å². The first-order chi connectivity index (χ1) is 11.0. The molecule has 1 heterocycles. The summed E-state index contributed by atoms with van der Waals surface area (Å²) in [6, 6.07) is 0. The summed E-state index contributed by atoms with van der Waals surface area (Å²) >= 11 is 0. The van der Waals surface area contributed by atoms with E-state index in [2.05, 4.69) is 4.72 Å². The molecule has 1 saturated heterocycles. The molecule has 1 amide bonds. The van der Waals surface area contributed by atoms with Gasteiger partial charge in [-0.3, -0.25) is 4.79 Å². The minimum absolute atomic E-state index is 0.00365. The van der Waals surface area contributed by atoms with Crippen molar-refractivity contribution in [3.63, 3.8) is 0 Å². The van der Waals surface area contributed by atoms with E-state index < -0.39 is 21.0 Å². The zero-order valence-electron chi connectivity index (χ0n) is 15.2. The summed E-state index contributed by atoms with van der Waals surface area (Å²) in [4.78, 5) is 14.8. The molecule has 0 spiro atoms. The highest BCUT2D eigenvalue weighted by molar-refractivity contribution is 7.88. The molecule has 1 aliphatic carbocycles. The lowest BCUT2D eigenvalue weighted by Crippen LogP contribution is -2.76. The lowest BCUT2D eigenvalue weighted by atomic mass is 9.54. The third kappa shape index (κ3) is 3.76. The van der Waals surface area contributed by atoms with Gasteiger partial charge < -0.3 is 15.4 Å². The Morgan fingerprint density at radius 1 is 1.42 bits per heavy atom. The van der Waals surface area contributed by atoms with Gasteiger partial charge >= 0.3 is 0 Å². The molecule has 8 heteroatoms. The number of carbonyl (C=O) groups excluding carboxylic acids is 1. The monoisotopic (exact) mass is 361 g/mol. The van der Waals surface area contributed by atoms with Crippen LogP contribution >= 0.6 is 0 Å². The second kappa shape index (κ2) is 6.90. The highest BCUT2D eigenvalue weighted by Gasteiger charge is 2.63. The Hall–Kier alpha value is -0.700. The van der Waals surface area contributed by atoms with E-state index in [1.54, 1.807) is 0 Å². The fourth-order valence-corrected chi connectivity index (χ4v) is 4.30. The molecule has 24 heavy (non-hydrogen) atoms. The summed E-state index contributed by atoms with van der Waals surface area (Å²) in [7, 11) is -3.21. The molecule has 2 fully saturated rings. The molecular weight excluding hydrogens is 330 g/mol. The number of sulfonamides is 1. The van der Waals surface area contributed by atoms with Gasteiger partial charge in [0.25, 0.3) is 0 Å². The van der Waals surface area contributed by atoms with Crippen LogP contribution in [-0.2, 0) is 19.6 Å². The number of hydrogen-bond donors (Lipinski definition) is 2. The van der Waals surface area contributed by atoms with Crippen LogP contribution in [0.2, 0.25) is 0 Å². The molecule has 3 N–H and O–H groups in total. The first kappa shape index (κ1) is 19.6. The van der Waals surface area contributed by atoms with E-state index in [4.69, 9.17) is 10.5 Å². The maximum atomic E-state index is 13.0. The van der Waals surface area contributed by atoms with Gasteiger partial charge in [-0.25, -0.2) is 13.1 Å². The Balaban J connectivity index is 1.99. The van der Waals surface area contributed by atoms with Crippen molar-refractivity contribution < 1.29 is 17.9 Å². The van der Waals surface area contributed by atoms with Crippen molar-refractivity contribution in [3.8, 4) is 0 Å². The molecule has 1 saturated carbocycles. The van der Waals surface area contributed by atoms with Crippen LogP contribution in [0.4, 0.5) is 0 Å². The SMILES string of the molecule is CCOC1CC(N)(C(=O)N2CCCC(CNS(C)(=O)=O)C2)C1(C)C. The Morgan fingerprint density at radius 2 is 2.08 bits per heavy atom. The number of amides is 1. The number of ether oxygens (including phenoxy) is 1. The minimum Gasteiger partial charge on any atom is -0.378 e. The molecule has 3 atom stereocenters. The summed E-state index contributed by atoms with van der Waals surface area (Å²) in [5.41, 5.74) is 5.17. The summed E-state index contributed by atoms with van der Waals surface area (Å²) < 4.78 is 30.8. The first-order valence-corrected chi connectivity index (χ1v) is 10.5. The van der Waals surface area contributed by atoms with Gasteiger partial charge in [-0.2, -0.15) is 0 Å². The van der Waals surface area contributed by atoms with Gasteiger partial charge in [0.1, 0.15) is 5.54 Å². The number of carbonyl (C=O) groups is 1. The minimum atomic E-state index is -3.21. The lowest BCUT2D eigenvalue weighted by Gasteiger charge is -2.59. The number of nitrogens with one attached hydrogen (secondary N) is 1. The van der Waals surface area contributed by atoms with Crippen LogP contribution in [0.15, 0.2) is 0 Å². The smallest absolute Gasteiger partial charge is 0.243 e. The maximum absolute atomic E-state index is 13.0. The van der Waals surface area contributed by atoms with Crippen molar-refractivity contribution in [2.75, 3.05) is 32.5 Å². The van der Waals surface area contributed by atoms with Crippen molar-refractivity contribution in [3.05, 3.63) is 0 Å². The number of hydrogen-bond acceptors (Lipinski definition) is 5. The quantitative estimate of drug-likeness (QED) is 0.709. The van der Waals surface area contributed by atoms with Gasteiger partial charge in [0, 0.05) is 38.1 Å². The van der Waals surface area contributed by atoms with Crippen molar-refractivity contribution in [1.29, 1.82) is 0 Å². The molecule has 7 nitrogen and oxygen atoms in total. The van der Waals surface area contributed by atoms with Gasteiger partial charge in [0.05, 0.1) is 12.4 Å². The number of rotatable bonds is 6. The Labute approximate surface area is 145 Å². The second-order valence-electron chi connectivity index (χ2n) is 7.72. The fraction of sp³-hybridized carbons (Fsp3) is 0.938. The third-order valence-corrected chi connectivity index (χ3v) is 6.34. The lowest BCUT2D eigenvalue weighted by molar-refractivity contribution is -0.180. The molecule has 2 rings (SSSR count). The standard InChI is InChI=1S/C16H31N3O4S/c1-5-23-13-9-16(17,15(13,2)3)14(20)19-8-6-7-12(11-19)10-18-24(4,21)22/h12-13,18H,5-11,17H2,1-4H3. The second-order valence-corrected chi connectivity index (χ2v) is 9.55. The van der Waals surface area contributed by atoms with Crippen LogP contribution in [0.3, 0.4) is 0 Å². The number of piperidine rings is 1. The number of likely N-dealkylation sites (tertiary alicyclic amines) is 1. The molecule has 1 aliphatic heterocycles.